The van der Waals surface area contributed by atoms with E-state index in [4.69, 9.17) is 4.74 Å². The summed E-state index contributed by atoms with van der Waals surface area (Å²) in [5.41, 5.74) is 0. The number of nitrogens with one attached hydrogen (secondary N) is 1. The summed E-state index contributed by atoms with van der Waals surface area (Å²) in [6, 6.07) is 0. The van der Waals surface area contributed by atoms with Crippen LogP contribution in [0, 0.1) is 0 Å². The molecule has 1 fully saturated rings. The van der Waals surface area contributed by atoms with Gasteiger partial charge in [-0.1, -0.05) is 24.2 Å². The van der Waals surface area contributed by atoms with Crippen molar-refractivity contribution in [1.82, 2.24) is 10.2 Å². The Labute approximate surface area is 87.7 Å². The Balaban J connectivity index is 1.79. The van der Waals surface area contributed by atoms with E-state index in [1.54, 1.807) is 11.3 Å². The molecule has 2 rings (SSSR count). The largest absolute Gasteiger partial charge is 0.371 e. The van der Waals surface area contributed by atoms with Crippen molar-refractivity contribution >= 4 is 16.5 Å². The average Bonchev–Trinajstić information content (AvgIpc) is 2.86. The lowest BCUT2D eigenvalue weighted by molar-refractivity contribution is 0.0453. The van der Waals surface area contributed by atoms with Gasteiger partial charge in [-0.05, 0) is 12.8 Å². The summed E-state index contributed by atoms with van der Waals surface area (Å²) in [7, 11) is 1.85. The highest BCUT2D eigenvalue weighted by Crippen LogP contribution is 2.23. The fourth-order valence-electron chi connectivity index (χ4n) is 1.66. The first-order valence-corrected chi connectivity index (χ1v) is 5.82. The Bertz CT molecular complexity index is 283. The Hall–Kier alpha value is -0.680. The molecule has 4 nitrogen and oxygen atoms in total. The van der Waals surface area contributed by atoms with Gasteiger partial charge in [0.15, 0.2) is 0 Å². The van der Waals surface area contributed by atoms with Crippen LogP contribution < -0.4 is 5.32 Å². The van der Waals surface area contributed by atoms with E-state index in [0.29, 0.717) is 12.7 Å². The van der Waals surface area contributed by atoms with Gasteiger partial charge in [-0.2, -0.15) is 0 Å². The predicted molar refractivity (Wildman–Crippen MR) is 56.5 cm³/mol. The summed E-state index contributed by atoms with van der Waals surface area (Å²) >= 11 is 1.56. The third-order valence-corrected chi connectivity index (χ3v) is 3.34. The Morgan fingerprint density at radius 3 is 2.86 bits per heavy atom. The van der Waals surface area contributed by atoms with Crippen molar-refractivity contribution in [3.63, 3.8) is 0 Å². The van der Waals surface area contributed by atoms with Crippen LogP contribution in [0.1, 0.15) is 30.7 Å². The number of aromatic nitrogens is 2. The standard InChI is InChI=1S/C9H15N3OS/c1-10-9-12-11-8(14-9)6-13-7-4-2-3-5-7/h7H,2-6H2,1H3,(H,10,12). The van der Waals surface area contributed by atoms with E-state index in [0.717, 1.165) is 10.1 Å². The number of rotatable bonds is 4. The molecule has 1 heterocycles. The van der Waals surface area contributed by atoms with E-state index in [-0.39, 0.29) is 0 Å². The fourth-order valence-corrected chi connectivity index (χ4v) is 2.27. The Kier molecular flexibility index (Phi) is 3.31. The Morgan fingerprint density at radius 2 is 2.21 bits per heavy atom. The van der Waals surface area contributed by atoms with E-state index in [2.05, 4.69) is 15.5 Å². The number of ether oxygens (including phenoxy) is 1. The molecule has 0 spiro atoms. The summed E-state index contributed by atoms with van der Waals surface area (Å²) in [4.78, 5) is 0. The maximum absolute atomic E-state index is 5.73. The van der Waals surface area contributed by atoms with Gasteiger partial charge in [-0.15, -0.1) is 10.2 Å². The lowest BCUT2D eigenvalue weighted by Crippen LogP contribution is -2.06. The Morgan fingerprint density at radius 1 is 1.43 bits per heavy atom. The smallest absolute Gasteiger partial charge is 0.205 e. The molecule has 0 amide bonds. The zero-order valence-corrected chi connectivity index (χ0v) is 9.14. The third kappa shape index (κ3) is 2.42. The van der Waals surface area contributed by atoms with Gasteiger partial charge in [0.05, 0.1) is 6.10 Å². The molecule has 0 aromatic carbocycles. The summed E-state index contributed by atoms with van der Waals surface area (Å²) in [6.07, 6.45) is 5.48. The zero-order valence-electron chi connectivity index (χ0n) is 8.32. The first-order chi connectivity index (χ1) is 6.88. The molecular formula is C9H15N3OS. The zero-order chi connectivity index (χ0) is 9.80. The summed E-state index contributed by atoms with van der Waals surface area (Å²) in [5.74, 6) is 0. The van der Waals surface area contributed by atoms with Gasteiger partial charge in [0.1, 0.15) is 11.6 Å². The van der Waals surface area contributed by atoms with Crippen LogP contribution in [-0.4, -0.2) is 23.3 Å². The lowest BCUT2D eigenvalue weighted by atomic mass is 10.3. The molecule has 0 saturated heterocycles. The van der Waals surface area contributed by atoms with Crippen molar-refractivity contribution < 1.29 is 4.74 Å². The second-order valence-electron chi connectivity index (χ2n) is 3.47. The van der Waals surface area contributed by atoms with E-state index in [9.17, 15) is 0 Å². The molecule has 1 N–H and O–H groups in total. The number of hydrogen-bond acceptors (Lipinski definition) is 5. The van der Waals surface area contributed by atoms with Crippen LogP contribution in [0.15, 0.2) is 0 Å². The van der Waals surface area contributed by atoms with Crippen molar-refractivity contribution in [3.8, 4) is 0 Å². The summed E-state index contributed by atoms with van der Waals surface area (Å²) < 4.78 is 5.73. The highest BCUT2D eigenvalue weighted by Gasteiger charge is 2.16. The van der Waals surface area contributed by atoms with Gasteiger partial charge in [0.25, 0.3) is 0 Å². The quantitative estimate of drug-likeness (QED) is 0.831. The van der Waals surface area contributed by atoms with E-state index in [1.807, 2.05) is 7.05 Å². The maximum atomic E-state index is 5.73. The molecule has 1 aliphatic rings. The van der Waals surface area contributed by atoms with Crippen LogP contribution in [0.3, 0.4) is 0 Å². The summed E-state index contributed by atoms with van der Waals surface area (Å²) in [5, 5.41) is 12.8. The van der Waals surface area contributed by atoms with Crippen LogP contribution in [0.2, 0.25) is 0 Å². The van der Waals surface area contributed by atoms with Crippen molar-refractivity contribution in [2.24, 2.45) is 0 Å². The first kappa shape index (κ1) is 9.86. The normalized spacial score (nSPS) is 17.5. The average molecular weight is 213 g/mol. The predicted octanol–water partition coefficient (Wildman–Crippen LogP) is 2.04. The molecular weight excluding hydrogens is 198 g/mol. The van der Waals surface area contributed by atoms with Gasteiger partial charge in [0, 0.05) is 7.05 Å². The lowest BCUT2D eigenvalue weighted by Gasteiger charge is -2.08. The van der Waals surface area contributed by atoms with Gasteiger partial charge < -0.3 is 10.1 Å². The van der Waals surface area contributed by atoms with Crippen molar-refractivity contribution in [2.75, 3.05) is 12.4 Å². The highest BCUT2D eigenvalue weighted by molar-refractivity contribution is 7.15. The molecule has 0 atom stereocenters. The van der Waals surface area contributed by atoms with Gasteiger partial charge >= 0.3 is 0 Å². The van der Waals surface area contributed by atoms with Crippen molar-refractivity contribution in [3.05, 3.63) is 5.01 Å². The molecule has 1 aliphatic carbocycles. The molecule has 0 radical (unpaired) electrons. The first-order valence-electron chi connectivity index (χ1n) is 5.00. The second-order valence-corrected chi connectivity index (χ2v) is 4.53. The van der Waals surface area contributed by atoms with Gasteiger partial charge in [0.2, 0.25) is 5.13 Å². The SMILES string of the molecule is CNc1nnc(COC2CCCC2)s1. The molecule has 0 aliphatic heterocycles. The topological polar surface area (TPSA) is 47.0 Å². The molecule has 1 aromatic heterocycles. The number of hydrogen-bond donors (Lipinski definition) is 1. The minimum atomic E-state index is 0.455. The number of anilines is 1. The third-order valence-electron chi connectivity index (χ3n) is 2.43. The second kappa shape index (κ2) is 4.70. The fraction of sp³-hybridized carbons (Fsp3) is 0.778. The van der Waals surface area contributed by atoms with Crippen LogP contribution in [0.25, 0.3) is 0 Å². The molecule has 1 saturated carbocycles. The van der Waals surface area contributed by atoms with Crippen LogP contribution >= 0.6 is 11.3 Å². The highest BCUT2D eigenvalue weighted by atomic mass is 32.1. The molecule has 78 valence electrons. The van der Waals surface area contributed by atoms with Crippen LogP contribution in [0.5, 0.6) is 0 Å². The maximum Gasteiger partial charge on any atom is 0.205 e. The van der Waals surface area contributed by atoms with E-state index < -0.39 is 0 Å². The van der Waals surface area contributed by atoms with Crippen LogP contribution in [0.4, 0.5) is 5.13 Å². The van der Waals surface area contributed by atoms with Crippen LogP contribution in [-0.2, 0) is 11.3 Å². The molecule has 0 bridgehead atoms. The number of nitrogens with zero attached hydrogens (tertiary/aromatic N) is 2. The molecule has 0 unspecified atom stereocenters. The molecule has 5 heteroatoms. The monoisotopic (exact) mass is 213 g/mol. The van der Waals surface area contributed by atoms with Crippen molar-refractivity contribution in [1.29, 1.82) is 0 Å². The van der Waals surface area contributed by atoms with Crippen molar-refractivity contribution in [2.45, 2.75) is 38.4 Å². The van der Waals surface area contributed by atoms with Gasteiger partial charge in [-0.25, -0.2) is 0 Å². The van der Waals surface area contributed by atoms with Gasteiger partial charge in [-0.3, -0.25) is 0 Å². The summed E-state index contributed by atoms with van der Waals surface area (Å²) in [6.45, 7) is 0.615. The minimum Gasteiger partial charge on any atom is -0.371 e. The molecule has 1 aromatic rings. The molecule has 14 heavy (non-hydrogen) atoms. The van der Waals surface area contributed by atoms with E-state index >= 15 is 0 Å². The minimum absolute atomic E-state index is 0.455. The van der Waals surface area contributed by atoms with E-state index in [1.165, 1.54) is 25.7 Å².